The van der Waals surface area contributed by atoms with Crippen molar-refractivity contribution in [2.45, 2.75) is 50.9 Å². The predicted molar refractivity (Wildman–Crippen MR) is 144 cm³/mol. The molecule has 1 amide bonds. The molecule has 0 aromatic heterocycles. The molecule has 1 aliphatic heterocycles. The van der Waals surface area contributed by atoms with Gasteiger partial charge in [0.1, 0.15) is 5.75 Å². The van der Waals surface area contributed by atoms with Crippen molar-refractivity contribution in [1.29, 1.82) is 0 Å². The van der Waals surface area contributed by atoms with Crippen molar-refractivity contribution < 1.29 is 24.1 Å². The van der Waals surface area contributed by atoms with Crippen LogP contribution in [-0.4, -0.2) is 54.9 Å². The molecule has 1 heterocycles. The van der Waals surface area contributed by atoms with E-state index in [0.29, 0.717) is 50.7 Å². The normalized spacial score (nSPS) is 19.0. The monoisotopic (exact) mass is 558 g/mol. The van der Waals surface area contributed by atoms with E-state index in [2.05, 4.69) is 27.8 Å². The van der Waals surface area contributed by atoms with Crippen molar-refractivity contribution in [3.8, 4) is 5.75 Å². The average Bonchev–Trinajstić information content (AvgIpc) is 3.25. The number of rotatable bonds is 14. The van der Waals surface area contributed by atoms with Crippen LogP contribution < -0.4 is 10.1 Å². The first-order valence-electron chi connectivity index (χ1n) is 12.3. The SMILES string of the molecule is C=CC[C@@]1(C(=O)NCCCOC(C)C)N=C(c2ccc(OCCCO)cc2)O[C@@H]1c1ccccc1Br. The zero-order valence-corrected chi connectivity index (χ0v) is 22.5. The number of benzene rings is 2. The van der Waals surface area contributed by atoms with E-state index < -0.39 is 11.6 Å². The van der Waals surface area contributed by atoms with E-state index in [1.807, 2.05) is 62.4 Å². The highest BCUT2D eigenvalue weighted by atomic mass is 79.9. The summed E-state index contributed by atoms with van der Waals surface area (Å²) in [6.07, 6.45) is 2.78. The number of ether oxygens (including phenoxy) is 3. The molecule has 0 bridgehead atoms. The van der Waals surface area contributed by atoms with E-state index >= 15 is 0 Å². The number of aliphatic imine (C=N–C) groups is 1. The first kappa shape index (κ1) is 27.9. The highest BCUT2D eigenvalue weighted by molar-refractivity contribution is 9.10. The Morgan fingerprint density at radius 2 is 1.97 bits per heavy atom. The number of aliphatic hydroxyl groups is 1. The minimum absolute atomic E-state index is 0.0807. The van der Waals surface area contributed by atoms with Crippen molar-refractivity contribution in [3.63, 3.8) is 0 Å². The van der Waals surface area contributed by atoms with Crippen molar-refractivity contribution in [3.05, 3.63) is 76.8 Å². The number of carbonyl (C=O) groups is 1. The largest absolute Gasteiger partial charge is 0.494 e. The number of halogens is 1. The van der Waals surface area contributed by atoms with Crippen LogP contribution in [0.3, 0.4) is 0 Å². The van der Waals surface area contributed by atoms with Crippen LogP contribution in [0.1, 0.15) is 50.3 Å². The van der Waals surface area contributed by atoms with Gasteiger partial charge in [0.05, 0.1) is 12.7 Å². The molecule has 1 aliphatic rings. The molecule has 0 unspecified atom stereocenters. The standard InChI is InChI=1S/C28H35BrN2O5/c1-4-15-28(27(33)30-16-7-18-34-20(2)3)25(23-9-5-6-10-24(23)29)36-26(31-28)21-11-13-22(14-12-21)35-19-8-17-32/h4-6,9-14,20,25,32H,1,7-8,15-19H2,2-3H3,(H,30,33)/t25-,28-/m1/s1. The lowest BCUT2D eigenvalue weighted by atomic mass is 9.84. The van der Waals surface area contributed by atoms with Gasteiger partial charge in [-0.3, -0.25) is 4.79 Å². The van der Waals surface area contributed by atoms with Crippen LogP contribution >= 0.6 is 15.9 Å². The Balaban J connectivity index is 1.89. The minimum atomic E-state index is -1.21. The van der Waals surface area contributed by atoms with Gasteiger partial charge in [-0.2, -0.15) is 0 Å². The Labute approximate surface area is 221 Å². The maximum Gasteiger partial charge on any atom is 0.252 e. The van der Waals surface area contributed by atoms with Gasteiger partial charge < -0.3 is 24.6 Å². The van der Waals surface area contributed by atoms with Crippen LogP contribution in [0, 0.1) is 0 Å². The molecule has 36 heavy (non-hydrogen) atoms. The lowest BCUT2D eigenvalue weighted by Crippen LogP contribution is -2.48. The fraction of sp³-hybridized carbons (Fsp3) is 0.429. The van der Waals surface area contributed by atoms with Gasteiger partial charge in [0.25, 0.3) is 5.91 Å². The molecule has 0 aliphatic carbocycles. The van der Waals surface area contributed by atoms with Crippen molar-refractivity contribution in [1.82, 2.24) is 5.32 Å². The average molecular weight is 560 g/mol. The number of nitrogens with one attached hydrogen (secondary N) is 1. The maximum absolute atomic E-state index is 13.7. The highest BCUT2D eigenvalue weighted by Gasteiger charge is 2.52. The summed E-state index contributed by atoms with van der Waals surface area (Å²) in [5.41, 5.74) is 0.363. The second-order valence-electron chi connectivity index (χ2n) is 8.83. The van der Waals surface area contributed by atoms with Crippen molar-refractivity contribution in [2.75, 3.05) is 26.4 Å². The van der Waals surface area contributed by atoms with Gasteiger partial charge in [-0.05, 0) is 50.6 Å². The number of nitrogens with zero attached hydrogens (tertiary/aromatic N) is 1. The molecule has 0 fully saturated rings. The molecule has 2 N–H and O–H groups in total. The van der Waals surface area contributed by atoms with Gasteiger partial charge >= 0.3 is 0 Å². The van der Waals surface area contributed by atoms with E-state index in [4.69, 9.17) is 24.3 Å². The highest BCUT2D eigenvalue weighted by Crippen LogP contribution is 2.44. The van der Waals surface area contributed by atoms with E-state index in [1.54, 1.807) is 6.08 Å². The molecule has 7 nitrogen and oxygen atoms in total. The number of hydrogen-bond acceptors (Lipinski definition) is 6. The maximum atomic E-state index is 13.7. The zero-order chi connectivity index (χ0) is 26.0. The number of hydrogen-bond donors (Lipinski definition) is 2. The predicted octanol–water partition coefficient (Wildman–Crippen LogP) is 4.97. The molecular weight excluding hydrogens is 524 g/mol. The minimum Gasteiger partial charge on any atom is -0.494 e. The Morgan fingerprint density at radius 1 is 1.22 bits per heavy atom. The first-order chi connectivity index (χ1) is 17.4. The van der Waals surface area contributed by atoms with Crippen LogP contribution in [0.4, 0.5) is 0 Å². The summed E-state index contributed by atoms with van der Waals surface area (Å²) < 4.78 is 18.5. The number of carbonyl (C=O) groups excluding carboxylic acids is 1. The molecule has 2 atom stereocenters. The van der Waals surface area contributed by atoms with Gasteiger partial charge in [-0.15, -0.1) is 6.58 Å². The van der Waals surface area contributed by atoms with E-state index in [9.17, 15) is 4.79 Å². The Bertz CT molecular complexity index is 1040. The summed E-state index contributed by atoms with van der Waals surface area (Å²) in [4.78, 5) is 18.6. The topological polar surface area (TPSA) is 89.4 Å². The second-order valence-corrected chi connectivity index (χ2v) is 9.69. The molecule has 0 saturated carbocycles. The van der Waals surface area contributed by atoms with Crippen LogP contribution in [0.2, 0.25) is 0 Å². The fourth-order valence-corrected chi connectivity index (χ4v) is 4.44. The molecule has 8 heteroatoms. The molecule has 2 aromatic rings. The lowest BCUT2D eigenvalue weighted by molar-refractivity contribution is -0.128. The summed E-state index contributed by atoms with van der Waals surface area (Å²) in [6.45, 7) is 9.43. The Kier molecular flexibility index (Phi) is 10.5. The summed E-state index contributed by atoms with van der Waals surface area (Å²) >= 11 is 3.62. The summed E-state index contributed by atoms with van der Waals surface area (Å²) in [6, 6.07) is 15.1. The summed E-state index contributed by atoms with van der Waals surface area (Å²) in [5.74, 6) is 0.858. The van der Waals surface area contributed by atoms with Crippen LogP contribution in [-0.2, 0) is 14.3 Å². The molecule has 0 saturated heterocycles. The number of aliphatic hydroxyl groups excluding tert-OH is 1. The summed E-state index contributed by atoms with van der Waals surface area (Å²) in [7, 11) is 0. The van der Waals surface area contributed by atoms with E-state index in [0.717, 1.165) is 15.6 Å². The van der Waals surface area contributed by atoms with E-state index in [1.165, 1.54) is 0 Å². The van der Waals surface area contributed by atoms with Gasteiger partial charge in [0, 0.05) is 48.2 Å². The van der Waals surface area contributed by atoms with Crippen molar-refractivity contribution in [2.24, 2.45) is 4.99 Å². The molecule has 0 spiro atoms. The van der Waals surface area contributed by atoms with Crippen LogP contribution in [0.15, 0.2) is 70.7 Å². The van der Waals surface area contributed by atoms with Gasteiger partial charge in [0.2, 0.25) is 5.90 Å². The fourth-order valence-electron chi connectivity index (χ4n) is 3.95. The van der Waals surface area contributed by atoms with Gasteiger partial charge in [0.15, 0.2) is 11.6 Å². The lowest BCUT2D eigenvalue weighted by Gasteiger charge is -2.30. The third-order valence-electron chi connectivity index (χ3n) is 5.73. The first-order valence-corrected chi connectivity index (χ1v) is 13.1. The van der Waals surface area contributed by atoms with E-state index in [-0.39, 0.29) is 18.6 Å². The second kappa shape index (κ2) is 13.6. The van der Waals surface area contributed by atoms with Gasteiger partial charge in [-0.25, -0.2) is 4.99 Å². The quantitative estimate of drug-likeness (QED) is 0.252. The van der Waals surface area contributed by atoms with Crippen molar-refractivity contribution >= 4 is 27.7 Å². The smallest absolute Gasteiger partial charge is 0.252 e. The molecule has 2 aromatic carbocycles. The van der Waals surface area contributed by atoms with Crippen LogP contribution in [0.5, 0.6) is 5.75 Å². The van der Waals surface area contributed by atoms with Gasteiger partial charge in [-0.1, -0.05) is 40.2 Å². The third kappa shape index (κ3) is 6.96. The molecule has 0 radical (unpaired) electrons. The van der Waals surface area contributed by atoms with Crippen LogP contribution in [0.25, 0.3) is 0 Å². The zero-order valence-electron chi connectivity index (χ0n) is 20.9. The third-order valence-corrected chi connectivity index (χ3v) is 6.45. The number of amides is 1. The Hall–Kier alpha value is -2.68. The molecule has 194 valence electrons. The summed E-state index contributed by atoms with van der Waals surface area (Å²) in [5, 5.41) is 12.0. The molecule has 3 rings (SSSR count). The Morgan fingerprint density at radius 3 is 2.64 bits per heavy atom. The molecular formula is C28H35BrN2O5.